The summed E-state index contributed by atoms with van der Waals surface area (Å²) in [6.07, 6.45) is 0. The Balaban J connectivity index is 2.37. The normalized spacial score (nSPS) is 10.2. The molecular formula is C11H6F2N2S2. The molecule has 2 aromatic rings. The highest BCUT2D eigenvalue weighted by atomic mass is 32.2. The first-order chi connectivity index (χ1) is 8.10. The minimum Gasteiger partial charge on any atom is -0.235 e. The zero-order valence-corrected chi connectivity index (χ0v) is 10.3. The van der Waals surface area contributed by atoms with Gasteiger partial charge in [-0.05, 0) is 19.1 Å². The smallest absolute Gasteiger partial charge is 0.155 e. The van der Waals surface area contributed by atoms with E-state index in [-0.39, 0.29) is 10.5 Å². The molecule has 0 N–H and O–H groups in total. The van der Waals surface area contributed by atoms with E-state index in [1.807, 2.05) is 12.3 Å². The molecule has 0 saturated carbocycles. The SMILES string of the molecule is Cc1csc(Sc2c(F)cc(C#N)cc2F)n1. The second-order valence-corrected chi connectivity index (χ2v) is 5.35. The second-order valence-electron chi connectivity index (χ2n) is 3.24. The summed E-state index contributed by atoms with van der Waals surface area (Å²) < 4.78 is 27.7. The van der Waals surface area contributed by atoms with Gasteiger partial charge < -0.3 is 0 Å². The molecule has 0 aliphatic carbocycles. The summed E-state index contributed by atoms with van der Waals surface area (Å²) in [4.78, 5) is 3.99. The standard InChI is InChI=1S/C11H6F2N2S2/c1-6-5-16-11(15-6)17-10-8(12)2-7(4-14)3-9(10)13/h2-3,5H,1H3. The van der Waals surface area contributed by atoms with Crippen LogP contribution in [0.15, 0.2) is 26.7 Å². The molecule has 0 spiro atoms. The average molecular weight is 268 g/mol. The third-order valence-electron chi connectivity index (χ3n) is 1.91. The largest absolute Gasteiger partial charge is 0.235 e. The van der Waals surface area contributed by atoms with E-state index < -0.39 is 11.6 Å². The van der Waals surface area contributed by atoms with Crippen LogP contribution >= 0.6 is 23.1 Å². The van der Waals surface area contributed by atoms with Crippen LogP contribution in [-0.2, 0) is 0 Å². The van der Waals surface area contributed by atoms with Crippen LogP contribution in [-0.4, -0.2) is 4.98 Å². The van der Waals surface area contributed by atoms with Crippen molar-refractivity contribution in [2.75, 3.05) is 0 Å². The number of halogens is 2. The Kier molecular flexibility index (Phi) is 3.41. The van der Waals surface area contributed by atoms with Gasteiger partial charge in [-0.2, -0.15) is 5.26 Å². The third-order valence-corrected chi connectivity index (χ3v) is 4.07. The van der Waals surface area contributed by atoms with Crippen molar-refractivity contribution < 1.29 is 8.78 Å². The first-order valence-corrected chi connectivity index (χ1v) is 6.29. The van der Waals surface area contributed by atoms with Crippen molar-refractivity contribution in [1.82, 2.24) is 4.98 Å². The minimum atomic E-state index is -0.737. The molecule has 0 radical (unpaired) electrons. The first kappa shape index (κ1) is 12.0. The first-order valence-electron chi connectivity index (χ1n) is 4.59. The van der Waals surface area contributed by atoms with Crippen molar-refractivity contribution in [1.29, 1.82) is 5.26 Å². The number of benzene rings is 1. The highest BCUT2D eigenvalue weighted by molar-refractivity contribution is 8.01. The van der Waals surface area contributed by atoms with Crippen LogP contribution in [0.4, 0.5) is 8.78 Å². The van der Waals surface area contributed by atoms with Crippen LogP contribution in [0.3, 0.4) is 0 Å². The molecule has 0 fully saturated rings. The second kappa shape index (κ2) is 4.82. The van der Waals surface area contributed by atoms with Gasteiger partial charge in [0.1, 0.15) is 11.6 Å². The van der Waals surface area contributed by atoms with Gasteiger partial charge in [0.15, 0.2) is 4.34 Å². The summed E-state index contributed by atoms with van der Waals surface area (Å²) in [5.74, 6) is -1.47. The molecular weight excluding hydrogens is 262 g/mol. The summed E-state index contributed by atoms with van der Waals surface area (Å²) in [5.41, 5.74) is 0.784. The number of hydrogen-bond acceptors (Lipinski definition) is 4. The van der Waals surface area contributed by atoms with Crippen LogP contribution in [0, 0.1) is 29.9 Å². The molecule has 86 valence electrons. The Bertz CT molecular complexity index is 579. The van der Waals surface area contributed by atoms with E-state index in [0.29, 0.717) is 4.34 Å². The van der Waals surface area contributed by atoms with Gasteiger partial charge in [0.25, 0.3) is 0 Å². The number of aromatic nitrogens is 1. The fourth-order valence-electron chi connectivity index (χ4n) is 1.19. The molecule has 1 aromatic carbocycles. The fourth-order valence-corrected chi connectivity index (χ4v) is 2.97. The Morgan fingerprint density at radius 3 is 2.47 bits per heavy atom. The van der Waals surface area contributed by atoms with E-state index in [2.05, 4.69) is 4.98 Å². The molecule has 1 heterocycles. The highest BCUT2D eigenvalue weighted by Crippen LogP contribution is 2.34. The molecule has 2 rings (SSSR count). The van der Waals surface area contributed by atoms with E-state index in [1.165, 1.54) is 11.3 Å². The molecule has 0 aliphatic rings. The number of aryl methyl sites for hydroxylation is 1. The lowest BCUT2D eigenvalue weighted by atomic mass is 10.2. The molecule has 2 nitrogen and oxygen atoms in total. The highest BCUT2D eigenvalue weighted by Gasteiger charge is 2.14. The Labute approximate surface area is 105 Å². The molecule has 0 unspecified atom stereocenters. The summed E-state index contributed by atoms with van der Waals surface area (Å²) >= 11 is 2.25. The van der Waals surface area contributed by atoms with E-state index in [1.54, 1.807) is 6.07 Å². The predicted molar refractivity (Wildman–Crippen MR) is 62.0 cm³/mol. The number of rotatable bonds is 2. The summed E-state index contributed by atoms with van der Waals surface area (Å²) in [7, 11) is 0. The number of thiazole rings is 1. The van der Waals surface area contributed by atoms with Crippen LogP contribution in [0.2, 0.25) is 0 Å². The average Bonchev–Trinajstić information content (AvgIpc) is 2.69. The van der Waals surface area contributed by atoms with Gasteiger partial charge in [0.2, 0.25) is 0 Å². The van der Waals surface area contributed by atoms with E-state index >= 15 is 0 Å². The van der Waals surface area contributed by atoms with Crippen LogP contribution in [0.25, 0.3) is 0 Å². The van der Waals surface area contributed by atoms with Gasteiger partial charge in [0, 0.05) is 11.1 Å². The zero-order valence-electron chi connectivity index (χ0n) is 8.70. The van der Waals surface area contributed by atoms with Crippen molar-refractivity contribution in [2.24, 2.45) is 0 Å². The minimum absolute atomic E-state index is 0.0281. The molecule has 0 atom stereocenters. The monoisotopic (exact) mass is 268 g/mol. The van der Waals surface area contributed by atoms with Gasteiger partial charge in [-0.25, -0.2) is 13.8 Å². The third kappa shape index (κ3) is 2.62. The Morgan fingerprint density at radius 1 is 1.35 bits per heavy atom. The van der Waals surface area contributed by atoms with Crippen LogP contribution < -0.4 is 0 Å². The Morgan fingerprint density at radius 2 is 2.00 bits per heavy atom. The van der Waals surface area contributed by atoms with Gasteiger partial charge in [0.05, 0.1) is 16.5 Å². The molecule has 0 aliphatic heterocycles. The maximum Gasteiger partial charge on any atom is 0.155 e. The summed E-state index contributed by atoms with van der Waals surface area (Å²) in [6, 6.07) is 3.74. The fraction of sp³-hybridized carbons (Fsp3) is 0.0909. The lowest BCUT2D eigenvalue weighted by Crippen LogP contribution is -1.90. The number of nitrogens with zero attached hydrogens (tertiary/aromatic N) is 2. The van der Waals surface area contributed by atoms with Crippen LogP contribution in [0.1, 0.15) is 11.3 Å². The van der Waals surface area contributed by atoms with E-state index in [9.17, 15) is 8.78 Å². The van der Waals surface area contributed by atoms with Crippen molar-refractivity contribution in [2.45, 2.75) is 16.2 Å². The van der Waals surface area contributed by atoms with E-state index in [0.717, 1.165) is 29.6 Å². The zero-order chi connectivity index (χ0) is 12.4. The number of nitriles is 1. The molecule has 0 amide bonds. The van der Waals surface area contributed by atoms with Gasteiger partial charge >= 0.3 is 0 Å². The summed E-state index contributed by atoms with van der Waals surface area (Å²) in [5, 5.41) is 10.4. The molecule has 1 aromatic heterocycles. The Hall–Kier alpha value is -1.45. The maximum absolute atomic E-state index is 13.6. The molecule has 17 heavy (non-hydrogen) atoms. The van der Waals surface area contributed by atoms with Crippen molar-refractivity contribution in [3.05, 3.63) is 40.4 Å². The van der Waals surface area contributed by atoms with Crippen molar-refractivity contribution in [3.63, 3.8) is 0 Å². The van der Waals surface area contributed by atoms with Gasteiger partial charge in [-0.3, -0.25) is 0 Å². The quantitative estimate of drug-likeness (QED) is 0.832. The van der Waals surface area contributed by atoms with Gasteiger partial charge in [-0.1, -0.05) is 11.8 Å². The van der Waals surface area contributed by atoms with Crippen LogP contribution in [0.5, 0.6) is 0 Å². The van der Waals surface area contributed by atoms with E-state index in [4.69, 9.17) is 5.26 Å². The lowest BCUT2D eigenvalue weighted by Gasteiger charge is -2.02. The van der Waals surface area contributed by atoms with Gasteiger partial charge in [-0.15, -0.1) is 11.3 Å². The maximum atomic E-state index is 13.6. The number of hydrogen-bond donors (Lipinski definition) is 0. The lowest BCUT2D eigenvalue weighted by molar-refractivity contribution is 0.540. The molecule has 0 saturated heterocycles. The molecule has 6 heteroatoms. The molecule has 0 bridgehead atoms. The van der Waals surface area contributed by atoms with Crippen molar-refractivity contribution in [3.8, 4) is 6.07 Å². The topological polar surface area (TPSA) is 36.7 Å². The summed E-state index contributed by atoms with van der Waals surface area (Å²) in [6.45, 7) is 1.81. The predicted octanol–water partition coefficient (Wildman–Crippen LogP) is 3.75. The van der Waals surface area contributed by atoms with Crippen molar-refractivity contribution >= 4 is 23.1 Å².